The van der Waals surface area contributed by atoms with Gasteiger partial charge >= 0.3 is 0 Å². The Labute approximate surface area is 129 Å². The first-order valence-corrected chi connectivity index (χ1v) is 7.21. The van der Waals surface area contributed by atoms with Crippen molar-refractivity contribution in [2.45, 2.75) is 12.3 Å². The highest BCUT2D eigenvalue weighted by molar-refractivity contribution is 5.46. The number of aromatic hydroxyl groups is 2. The number of hydrogen-bond donors (Lipinski definition) is 2. The molecule has 22 heavy (non-hydrogen) atoms. The van der Waals surface area contributed by atoms with Crippen LogP contribution in [0.2, 0.25) is 0 Å². The van der Waals surface area contributed by atoms with Crippen LogP contribution in [-0.2, 0) is 6.42 Å². The number of phenolic OH excluding ortho intramolecular Hbond substituents is 2. The Morgan fingerprint density at radius 1 is 0.727 bits per heavy atom. The second kappa shape index (κ2) is 6.31. The molecule has 110 valence electrons. The van der Waals surface area contributed by atoms with Gasteiger partial charge in [-0.05, 0) is 24.3 Å². The average Bonchev–Trinajstić information content (AvgIpc) is 2.55. The first kappa shape index (κ1) is 14.1. The van der Waals surface area contributed by atoms with Crippen molar-refractivity contribution < 1.29 is 10.2 Å². The van der Waals surface area contributed by atoms with Crippen LogP contribution >= 0.6 is 0 Å². The minimum atomic E-state index is -0.155. The summed E-state index contributed by atoms with van der Waals surface area (Å²) in [5, 5.41) is 20.4. The van der Waals surface area contributed by atoms with E-state index in [2.05, 4.69) is 4.98 Å². The Bertz CT molecular complexity index is 711. The Kier molecular flexibility index (Phi) is 4.05. The van der Waals surface area contributed by atoms with Crippen molar-refractivity contribution in [3.63, 3.8) is 0 Å². The molecule has 1 heterocycles. The van der Waals surface area contributed by atoms with E-state index >= 15 is 0 Å². The number of para-hydroxylation sites is 2. The molecule has 0 amide bonds. The lowest BCUT2D eigenvalue weighted by Crippen LogP contribution is -2.07. The van der Waals surface area contributed by atoms with Crippen molar-refractivity contribution in [3.05, 3.63) is 89.7 Å². The molecule has 3 nitrogen and oxygen atoms in total. The summed E-state index contributed by atoms with van der Waals surface area (Å²) in [6.45, 7) is 0. The maximum atomic E-state index is 10.2. The molecule has 0 aliphatic carbocycles. The molecule has 0 spiro atoms. The molecule has 0 saturated heterocycles. The quantitative estimate of drug-likeness (QED) is 0.767. The summed E-state index contributed by atoms with van der Waals surface area (Å²) in [7, 11) is 0. The number of rotatable bonds is 4. The predicted octanol–water partition coefficient (Wildman–Crippen LogP) is 3.87. The summed E-state index contributed by atoms with van der Waals surface area (Å²) in [6.07, 6.45) is 2.36. The van der Waals surface area contributed by atoms with Crippen molar-refractivity contribution in [1.29, 1.82) is 0 Å². The van der Waals surface area contributed by atoms with E-state index in [1.807, 2.05) is 42.5 Å². The number of pyridine rings is 1. The Morgan fingerprint density at radius 3 is 1.77 bits per heavy atom. The van der Waals surface area contributed by atoms with E-state index in [0.29, 0.717) is 6.42 Å². The van der Waals surface area contributed by atoms with Crippen LogP contribution < -0.4 is 0 Å². The second-order valence-electron chi connectivity index (χ2n) is 5.20. The largest absolute Gasteiger partial charge is 0.508 e. The molecule has 2 aromatic carbocycles. The molecular formula is C19H17NO2. The maximum absolute atomic E-state index is 10.2. The summed E-state index contributed by atoms with van der Waals surface area (Å²) in [6, 6.07) is 20.2. The zero-order chi connectivity index (χ0) is 15.4. The number of nitrogens with zero attached hydrogens (tertiary/aromatic N) is 1. The van der Waals surface area contributed by atoms with E-state index in [1.165, 1.54) is 0 Å². The van der Waals surface area contributed by atoms with Crippen LogP contribution in [-0.4, -0.2) is 15.2 Å². The highest BCUT2D eigenvalue weighted by Gasteiger charge is 2.21. The molecule has 1 aromatic heterocycles. The molecule has 3 heteroatoms. The van der Waals surface area contributed by atoms with E-state index in [9.17, 15) is 10.2 Å². The molecule has 0 fully saturated rings. The molecule has 0 radical (unpaired) electrons. The van der Waals surface area contributed by atoms with Crippen LogP contribution in [0.15, 0.2) is 72.9 Å². The Balaban J connectivity index is 2.07. The van der Waals surface area contributed by atoms with Crippen molar-refractivity contribution >= 4 is 0 Å². The van der Waals surface area contributed by atoms with Gasteiger partial charge in [-0.2, -0.15) is 0 Å². The minimum Gasteiger partial charge on any atom is -0.508 e. The van der Waals surface area contributed by atoms with Crippen LogP contribution in [0, 0.1) is 0 Å². The Morgan fingerprint density at radius 2 is 1.27 bits per heavy atom. The zero-order valence-corrected chi connectivity index (χ0v) is 12.1. The standard InChI is InChI=1S/C19H17NO2/c21-18-10-3-1-8-15(18)17(13-14-7-5-6-12-20-14)16-9-2-4-11-19(16)22/h1-12,17,21-22H,13H2. The van der Waals surface area contributed by atoms with Gasteiger partial charge in [-0.3, -0.25) is 4.98 Å². The van der Waals surface area contributed by atoms with Gasteiger partial charge in [-0.25, -0.2) is 0 Å². The topological polar surface area (TPSA) is 53.4 Å². The van der Waals surface area contributed by atoms with Gasteiger partial charge in [0.05, 0.1) is 0 Å². The molecule has 0 unspecified atom stereocenters. The van der Waals surface area contributed by atoms with Gasteiger partial charge in [0.1, 0.15) is 11.5 Å². The number of benzene rings is 2. The number of aromatic nitrogens is 1. The van der Waals surface area contributed by atoms with Crippen LogP contribution in [0.4, 0.5) is 0 Å². The summed E-state index contributed by atoms with van der Waals surface area (Å²) in [5.41, 5.74) is 2.49. The summed E-state index contributed by atoms with van der Waals surface area (Å²) >= 11 is 0. The number of hydrogen-bond acceptors (Lipinski definition) is 3. The SMILES string of the molecule is Oc1ccccc1C(Cc1ccccn1)c1ccccc1O. The third-order valence-corrected chi connectivity index (χ3v) is 3.76. The molecular weight excluding hydrogens is 274 g/mol. The molecule has 3 rings (SSSR count). The second-order valence-corrected chi connectivity index (χ2v) is 5.20. The van der Waals surface area contributed by atoms with Crippen LogP contribution in [0.3, 0.4) is 0 Å². The van der Waals surface area contributed by atoms with Gasteiger partial charge in [0, 0.05) is 35.4 Å². The van der Waals surface area contributed by atoms with Crippen molar-refractivity contribution in [3.8, 4) is 11.5 Å². The lowest BCUT2D eigenvalue weighted by molar-refractivity contribution is 0.453. The molecule has 3 aromatic rings. The third-order valence-electron chi connectivity index (χ3n) is 3.76. The summed E-state index contributed by atoms with van der Waals surface area (Å²) in [4.78, 5) is 4.37. The van der Waals surface area contributed by atoms with E-state index in [-0.39, 0.29) is 17.4 Å². The third kappa shape index (κ3) is 2.93. The molecule has 0 aliphatic rings. The van der Waals surface area contributed by atoms with Crippen molar-refractivity contribution in [2.24, 2.45) is 0 Å². The molecule has 2 N–H and O–H groups in total. The molecule has 0 atom stereocenters. The van der Waals surface area contributed by atoms with Gasteiger partial charge in [0.25, 0.3) is 0 Å². The molecule has 0 aliphatic heterocycles. The first-order valence-electron chi connectivity index (χ1n) is 7.21. The minimum absolute atomic E-state index is 0.155. The monoisotopic (exact) mass is 291 g/mol. The first-order chi connectivity index (χ1) is 10.8. The predicted molar refractivity (Wildman–Crippen MR) is 86.0 cm³/mol. The highest BCUT2D eigenvalue weighted by atomic mass is 16.3. The normalized spacial score (nSPS) is 10.8. The van der Waals surface area contributed by atoms with E-state index in [0.717, 1.165) is 16.8 Å². The van der Waals surface area contributed by atoms with Crippen LogP contribution in [0.5, 0.6) is 11.5 Å². The van der Waals surface area contributed by atoms with Gasteiger partial charge in [0.2, 0.25) is 0 Å². The molecule has 0 bridgehead atoms. The summed E-state index contributed by atoms with van der Waals surface area (Å²) < 4.78 is 0. The van der Waals surface area contributed by atoms with Gasteiger partial charge in [-0.15, -0.1) is 0 Å². The number of phenols is 2. The lowest BCUT2D eigenvalue weighted by Gasteiger charge is -2.20. The fourth-order valence-electron chi connectivity index (χ4n) is 2.68. The zero-order valence-electron chi connectivity index (χ0n) is 12.1. The van der Waals surface area contributed by atoms with Crippen LogP contribution in [0.1, 0.15) is 22.7 Å². The van der Waals surface area contributed by atoms with E-state index < -0.39 is 0 Å². The Hall–Kier alpha value is -2.81. The summed E-state index contributed by atoms with van der Waals surface area (Å²) in [5.74, 6) is 0.302. The van der Waals surface area contributed by atoms with Gasteiger partial charge < -0.3 is 10.2 Å². The van der Waals surface area contributed by atoms with E-state index in [4.69, 9.17) is 0 Å². The van der Waals surface area contributed by atoms with Crippen molar-refractivity contribution in [2.75, 3.05) is 0 Å². The van der Waals surface area contributed by atoms with Gasteiger partial charge in [-0.1, -0.05) is 42.5 Å². The van der Waals surface area contributed by atoms with Gasteiger partial charge in [0.15, 0.2) is 0 Å². The fourth-order valence-corrected chi connectivity index (χ4v) is 2.68. The maximum Gasteiger partial charge on any atom is 0.119 e. The molecule has 0 saturated carbocycles. The lowest BCUT2D eigenvalue weighted by atomic mass is 9.86. The van der Waals surface area contributed by atoms with E-state index in [1.54, 1.807) is 30.5 Å². The fraction of sp³-hybridized carbons (Fsp3) is 0.105. The highest BCUT2D eigenvalue weighted by Crippen LogP contribution is 2.37. The van der Waals surface area contributed by atoms with Crippen LogP contribution in [0.25, 0.3) is 0 Å². The smallest absolute Gasteiger partial charge is 0.119 e. The average molecular weight is 291 g/mol. The van der Waals surface area contributed by atoms with Crippen molar-refractivity contribution in [1.82, 2.24) is 4.98 Å².